The first kappa shape index (κ1) is 118. The molecule has 0 aliphatic heterocycles. The van der Waals surface area contributed by atoms with Crippen molar-refractivity contribution in [3.05, 3.63) is 54.1 Å². The van der Waals surface area contributed by atoms with Crippen LogP contribution < -0.4 is 124 Å². The number of benzene rings is 1. The first-order valence-corrected chi connectivity index (χ1v) is 45.4. The van der Waals surface area contributed by atoms with Gasteiger partial charge in [0.1, 0.15) is 103 Å². The lowest BCUT2D eigenvalue weighted by Gasteiger charge is -2.29. The molecule has 748 valence electrons. The van der Waals surface area contributed by atoms with Gasteiger partial charge in [0.05, 0.1) is 38.1 Å². The van der Waals surface area contributed by atoms with Gasteiger partial charge in [-0.15, -0.1) is 0 Å². The maximum atomic E-state index is 14.3. The van der Waals surface area contributed by atoms with E-state index >= 15 is 0 Å². The molecule has 0 aliphatic carbocycles. The number of carbonyl (C=O) groups is 20. The standard InChI is InChI=1S/C76H123N27O25S6/c1-6-33(2)55(71(124)99-51(31-134)70(123)102-56(35(4)105)72(125)91-41(74(127)128)15-11-19-85-76(81)82)101-68(121)50(30-133)100-73(126)57(36(5)106)103-69(122)49(29-132)98-62(115)43(21-38-24-83-32-86-38)92-60(113)40(16-17-54(109)110)90-64(117)45(25-104)94-58(111)34(3)87-65(118)46(26-129)96-63(116)44(22-52(78)107)93-67(120)48(28-131)95-59(112)39(14-10-18-84-75(79)80)89-66(119)47(27-130)97-61(114)42(88-53(108)23-77)20-37-12-8-7-9-13-37/h7-9,12-13,24,32-36,39-51,55-57,104-106,129-134H,6,10-11,14-23,25-31,77H2,1-5H3,(H2,78,107)(H,83,86)(H,87,118)(H,88,108)(H,89,119)(H,90,117)(H,91,125)(H,92,113)(H,93,120)(H,94,111)(H,95,112)(H,96,116)(H,97,114)(H,98,115)(H,99,124)(H,100,126)(H,101,121)(H,102,123)(H,103,122)(H,109,110)(H,127,128)(H4,79,80,84)(H4,81,82,85)/t33-,34-,35+,36+,39-,40-,41-,42-,43-,44-,45-,46-,47-,48-,49-,50-,51-,55-,56-,57-/m0/s1. The highest BCUT2D eigenvalue weighted by molar-refractivity contribution is 7.81. The number of primary amides is 1. The van der Waals surface area contributed by atoms with Crippen LogP contribution in [-0.4, -0.2) is 341 Å². The number of aliphatic hydroxyl groups excluding tert-OH is 3. The molecule has 2 rings (SSSR count). The molecule has 0 fully saturated rings. The highest BCUT2D eigenvalue weighted by Gasteiger charge is 2.41. The number of imidazole rings is 1. The van der Waals surface area contributed by atoms with Gasteiger partial charge in [0.15, 0.2) is 11.9 Å². The fourth-order valence-electron chi connectivity index (χ4n) is 11.9. The number of rotatable bonds is 63. The average molecular weight is 2010 g/mol. The Labute approximate surface area is 802 Å². The lowest BCUT2D eigenvalue weighted by atomic mass is 9.97. The topological polar surface area (TPSA) is 852 Å². The zero-order valence-electron chi connectivity index (χ0n) is 73.6. The van der Waals surface area contributed by atoms with E-state index < -0.39 is 313 Å². The van der Waals surface area contributed by atoms with Crippen molar-refractivity contribution in [2.75, 3.05) is 60.8 Å². The number of hydrogen-bond acceptors (Lipinski definition) is 33. The molecule has 0 aliphatic rings. The lowest BCUT2D eigenvalue weighted by Crippen LogP contribution is -2.63. The molecule has 1 aromatic carbocycles. The summed E-state index contributed by atoms with van der Waals surface area (Å²) in [6.45, 7) is 4.79. The summed E-state index contributed by atoms with van der Waals surface area (Å²) < 4.78 is 0. The van der Waals surface area contributed by atoms with Crippen LogP contribution in [0.1, 0.15) is 97.2 Å². The van der Waals surface area contributed by atoms with Crippen LogP contribution in [0.4, 0.5) is 0 Å². The van der Waals surface area contributed by atoms with Crippen molar-refractivity contribution < 1.29 is 121 Å². The fourth-order valence-corrected chi connectivity index (χ4v) is 13.5. The number of thiol groups is 6. The van der Waals surface area contributed by atoms with Gasteiger partial charge in [-0.25, -0.2) is 9.78 Å². The number of amides is 18. The number of aliphatic hydroxyl groups is 3. The molecule has 20 atom stereocenters. The largest absolute Gasteiger partial charge is 0.481 e. The third kappa shape index (κ3) is 42.7. The van der Waals surface area contributed by atoms with Crippen molar-refractivity contribution >= 4 is 206 Å². The molecule has 134 heavy (non-hydrogen) atoms. The van der Waals surface area contributed by atoms with E-state index in [1.807, 2.05) is 0 Å². The maximum absolute atomic E-state index is 14.3. The minimum Gasteiger partial charge on any atom is -0.481 e. The van der Waals surface area contributed by atoms with E-state index in [-0.39, 0.29) is 69.0 Å². The number of H-pyrrole nitrogens is 1. The van der Waals surface area contributed by atoms with Crippen molar-refractivity contribution in [2.45, 2.75) is 214 Å². The zero-order chi connectivity index (χ0) is 101. The Morgan fingerprint density at radius 3 is 1.13 bits per heavy atom. The van der Waals surface area contributed by atoms with E-state index in [1.54, 1.807) is 37.3 Å². The Kier molecular flexibility index (Phi) is 54.8. The number of aliphatic carboxylic acids is 2. The van der Waals surface area contributed by atoms with Gasteiger partial charge in [-0.3, -0.25) is 102 Å². The molecule has 0 unspecified atom stereocenters. The number of hydrogen-bond donors (Lipinski definition) is 37. The van der Waals surface area contributed by atoms with E-state index in [1.165, 1.54) is 19.4 Å². The summed E-state index contributed by atoms with van der Waals surface area (Å²) in [5.74, 6) is -27.5. The first-order valence-electron chi connectivity index (χ1n) is 41.6. The number of guanidine groups is 2. The third-order valence-corrected chi connectivity index (χ3v) is 21.8. The molecule has 0 spiro atoms. The van der Waals surface area contributed by atoms with Crippen LogP contribution in [0.2, 0.25) is 0 Å². The number of carbonyl (C=O) groups excluding carboxylic acids is 18. The van der Waals surface area contributed by atoms with Crippen LogP contribution in [0.5, 0.6) is 0 Å². The summed E-state index contributed by atoms with van der Waals surface area (Å²) in [6.07, 6.45) is -4.03. The summed E-state index contributed by atoms with van der Waals surface area (Å²) >= 11 is 25.1. The van der Waals surface area contributed by atoms with Crippen LogP contribution >= 0.6 is 75.8 Å². The number of nitrogens with one attached hydrogen (secondary N) is 22. The normalized spacial score (nSPS) is 15.5. The number of nitrogens with two attached hydrogens (primary N) is 4. The zero-order valence-corrected chi connectivity index (χ0v) is 78.9. The molecule has 0 saturated heterocycles. The molecule has 18 amide bonds. The molecular formula is C76H123N27O25S6. The van der Waals surface area contributed by atoms with Crippen molar-refractivity contribution in [1.82, 2.24) is 111 Å². The smallest absolute Gasteiger partial charge is 0.326 e. The molecule has 0 saturated carbocycles. The van der Waals surface area contributed by atoms with Gasteiger partial charge < -0.3 is 154 Å². The predicted molar refractivity (Wildman–Crippen MR) is 500 cm³/mol. The quantitative estimate of drug-likeness (QED) is 0.0127. The van der Waals surface area contributed by atoms with Crippen LogP contribution in [0, 0.1) is 16.7 Å². The van der Waals surface area contributed by atoms with Gasteiger partial charge in [0.25, 0.3) is 0 Å². The molecular weight excluding hydrogens is 1880 g/mol. The summed E-state index contributed by atoms with van der Waals surface area (Å²) in [7, 11) is 0. The van der Waals surface area contributed by atoms with Gasteiger partial charge in [-0.2, -0.15) is 75.8 Å². The molecule has 52 nitrogen and oxygen atoms in total. The molecule has 35 N–H and O–H groups in total. The number of carboxylic acid groups (broad SMARTS) is 2. The number of carboxylic acids is 2. The van der Waals surface area contributed by atoms with Crippen molar-refractivity contribution in [3.8, 4) is 0 Å². The minimum absolute atomic E-state index is 0.0000920. The monoisotopic (exact) mass is 2010 g/mol. The van der Waals surface area contributed by atoms with E-state index in [9.17, 15) is 121 Å². The molecule has 1 aromatic heterocycles. The summed E-state index contributed by atoms with van der Waals surface area (Å²) in [5.41, 5.74) is 22.4. The first-order chi connectivity index (χ1) is 63.2. The summed E-state index contributed by atoms with van der Waals surface area (Å²) in [4.78, 5) is 278. The van der Waals surface area contributed by atoms with Gasteiger partial charge >= 0.3 is 11.9 Å². The van der Waals surface area contributed by atoms with Gasteiger partial charge in [0.2, 0.25) is 106 Å². The highest BCUT2D eigenvalue weighted by atomic mass is 32.1. The SMILES string of the molecule is CC[C@H](C)[C@H](NC(=O)[C@H](CS)NC(=O)[C@@H](NC(=O)[C@H](CS)NC(=O)[C@H](Cc1cnc[nH]1)NC(=O)[C@H](CCC(=O)O)NC(=O)[C@H](CO)NC(=O)[C@H](C)NC(=O)[C@H](CS)NC(=O)[C@H](CC(N)=O)NC(=O)[C@H](CS)NC(=O)[C@H](CCCNC(=N)N)NC(=O)[C@H](CS)NC(=O)[C@H](Cc1ccccc1)NC(=O)CN)[C@@H](C)O)C(=O)N[C@@H](CS)C(=O)N[C@H](C(=O)N[C@@H](CCCNC(=N)N)C(=O)O)[C@@H](C)O. The second-order valence-corrected chi connectivity index (χ2v) is 32.5. The van der Waals surface area contributed by atoms with E-state index in [0.29, 0.717) is 5.56 Å². The number of aromatic amines is 1. The Morgan fingerprint density at radius 1 is 0.410 bits per heavy atom. The average Bonchev–Trinajstić information content (AvgIpc) is 0.942. The van der Waals surface area contributed by atoms with Gasteiger partial charge in [-0.1, -0.05) is 50.6 Å². The molecule has 58 heteroatoms. The molecule has 0 radical (unpaired) electrons. The molecule has 2 aromatic rings. The van der Waals surface area contributed by atoms with E-state index in [4.69, 9.17) is 33.8 Å². The Morgan fingerprint density at radius 2 is 0.746 bits per heavy atom. The predicted octanol–water partition coefficient (Wildman–Crippen LogP) is -12.9. The number of nitrogens with zero attached hydrogens (tertiary/aromatic N) is 1. The highest BCUT2D eigenvalue weighted by Crippen LogP contribution is 2.14. The maximum Gasteiger partial charge on any atom is 0.326 e. The van der Waals surface area contributed by atoms with Crippen LogP contribution in [0.25, 0.3) is 0 Å². The van der Waals surface area contributed by atoms with Gasteiger partial charge in [-0.05, 0) is 64.4 Å². The molecule has 1 heterocycles. The second kappa shape index (κ2) is 62.0. The summed E-state index contributed by atoms with van der Waals surface area (Å²) in [6, 6.07) is -20.1. The lowest BCUT2D eigenvalue weighted by molar-refractivity contribution is -0.143. The van der Waals surface area contributed by atoms with Crippen molar-refractivity contribution in [1.29, 1.82) is 10.8 Å². The van der Waals surface area contributed by atoms with Gasteiger partial charge in [0, 0.05) is 78.8 Å². The van der Waals surface area contributed by atoms with Crippen molar-refractivity contribution in [2.24, 2.45) is 28.9 Å². The Balaban J connectivity index is 2.31. The van der Waals surface area contributed by atoms with Crippen LogP contribution in [0.3, 0.4) is 0 Å². The Bertz CT molecular complexity index is 4350. The Hall–Kier alpha value is -11.7. The molecule has 0 bridgehead atoms. The van der Waals surface area contributed by atoms with E-state index in [2.05, 4.69) is 187 Å². The van der Waals surface area contributed by atoms with E-state index in [0.717, 1.165) is 20.8 Å². The van der Waals surface area contributed by atoms with Crippen molar-refractivity contribution in [3.63, 3.8) is 0 Å². The number of aromatic nitrogens is 2. The van der Waals surface area contributed by atoms with Crippen LogP contribution in [-0.2, 0) is 109 Å². The third-order valence-electron chi connectivity index (χ3n) is 19.6. The minimum atomic E-state index is -2.01. The fraction of sp³-hybridized carbons (Fsp3) is 0.592. The summed E-state index contributed by atoms with van der Waals surface area (Å²) in [5, 5.41) is 111. The second-order valence-electron chi connectivity index (χ2n) is 30.3. The van der Waals surface area contributed by atoms with Crippen LogP contribution in [0.15, 0.2) is 42.9 Å².